The van der Waals surface area contributed by atoms with Gasteiger partial charge < -0.3 is 72.2 Å². The summed E-state index contributed by atoms with van der Waals surface area (Å²) >= 11 is 0. The number of carbonyl (C=O) groups excluding carboxylic acids is 6. The van der Waals surface area contributed by atoms with Crippen LogP contribution in [0.1, 0.15) is 543 Å². The molecule has 0 aliphatic carbocycles. The van der Waals surface area contributed by atoms with E-state index >= 15 is 19.2 Å². The molecule has 0 bridgehead atoms. The summed E-state index contributed by atoms with van der Waals surface area (Å²) in [5.41, 5.74) is 0.713. The zero-order chi connectivity index (χ0) is 98.0. The molecule has 0 aromatic heterocycles. The van der Waals surface area contributed by atoms with E-state index in [1.165, 1.54) is 193 Å². The maximum absolute atomic E-state index is 15.8. The topological polar surface area (TPSA) is 246 Å². The molecule has 3 saturated heterocycles. The van der Waals surface area contributed by atoms with Crippen molar-refractivity contribution in [1.29, 1.82) is 0 Å². The first kappa shape index (κ1) is 124. The highest BCUT2D eigenvalue weighted by Crippen LogP contribution is 2.39. The molecule has 3 aliphatic heterocycles. The molecule has 792 valence electrons. The molecule has 15 atom stereocenters. The molecule has 3 aliphatic rings. The van der Waals surface area contributed by atoms with E-state index in [1.54, 1.807) is 0 Å². The van der Waals surface area contributed by atoms with Gasteiger partial charge in [0, 0.05) is 44.8 Å². The van der Waals surface area contributed by atoms with E-state index in [-0.39, 0.29) is 88.9 Å². The molecular weight excluding hydrogens is 1710 g/mol. The molecule has 4 rings (SSSR count). The highest BCUT2D eigenvalue weighted by molar-refractivity contribution is 5.78. The lowest BCUT2D eigenvalue weighted by Gasteiger charge is -2.50. The number of hydrogen-bond donors (Lipinski definition) is 2. The fraction of sp³-hybridized carbons (Fsp3) is 0.896. The average molecular weight is 1920 g/mol. The quantitative estimate of drug-likeness (QED) is 0.0349. The number of carbonyl (C=O) groups is 6. The van der Waals surface area contributed by atoms with Gasteiger partial charge in [-0.05, 0) is 77.0 Å². The highest BCUT2D eigenvalue weighted by atomic mass is 16.8. The van der Waals surface area contributed by atoms with Crippen LogP contribution in [-0.4, -0.2) is 161 Å². The molecule has 2 amide bonds. The molecule has 1 aromatic rings. The van der Waals surface area contributed by atoms with Gasteiger partial charge in [0.2, 0.25) is 11.8 Å². The number of benzene rings is 1. The Balaban J connectivity index is 1.95. The Labute approximate surface area is 831 Å². The molecule has 3 heterocycles. The lowest BCUT2D eigenvalue weighted by atomic mass is 9.94. The summed E-state index contributed by atoms with van der Waals surface area (Å²) in [6.45, 7) is 23.0. The Hall–Kier alpha value is -4.32. The summed E-state index contributed by atoms with van der Waals surface area (Å²) in [5, 5.41) is 6.69. The molecule has 21 heteroatoms. The summed E-state index contributed by atoms with van der Waals surface area (Å²) in [6.07, 6.45) is 56.2. The Kier molecular flexibility index (Phi) is 78.6. The minimum absolute atomic E-state index is 0.0371. The molecular formula is C115H208N2O19. The fourth-order valence-corrected chi connectivity index (χ4v) is 19.1. The van der Waals surface area contributed by atoms with Crippen molar-refractivity contribution in [2.75, 3.05) is 39.6 Å². The van der Waals surface area contributed by atoms with Crippen LogP contribution in [0.4, 0.5) is 0 Å². The Bertz CT molecular complexity index is 2970. The molecule has 0 spiro atoms. The lowest BCUT2D eigenvalue weighted by molar-refractivity contribution is -0.351. The van der Waals surface area contributed by atoms with Crippen molar-refractivity contribution < 1.29 is 90.3 Å². The van der Waals surface area contributed by atoms with Gasteiger partial charge in [-0.1, -0.05) is 446 Å². The van der Waals surface area contributed by atoms with E-state index in [4.69, 9.17) is 61.6 Å². The van der Waals surface area contributed by atoms with E-state index in [2.05, 4.69) is 79.9 Å². The van der Waals surface area contributed by atoms with E-state index in [9.17, 15) is 9.59 Å². The zero-order valence-electron chi connectivity index (χ0n) is 89.0. The second-order valence-corrected chi connectivity index (χ2v) is 40.5. The van der Waals surface area contributed by atoms with E-state index in [0.29, 0.717) is 70.1 Å². The predicted octanol–water partition coefficient (Wildman–Crippen LogP) is 29.6. The van der Waals surface area contributed by atoms with Crippen LogP contribution in [0.3, 0.4) is 0 Å². The van der Waals surface area contributed by atoms with Crippen LogP contribution in [0.25, 0.3) is 0 Å². The second-order valence-electron chi connectivity index (χ2n) is 40.5. The van der Waals surface area contributed by atoms with E-state index in [0.717, 1.165) is 180 Å². The van der Waals surface area contributed by atoms with Crippen molar-refractivity contribution in [3.05, 3.63) is 35.9 Å². The van der Waals surface area contributed by atoms with Gasteiger partial charge in [0.1, 0.15) is 48.7 Å². The fourth-order valence-electron chi connectivity index (χ4n) is 19.1. The molecule has 136 heavy (non-hydrogen) atoms. The second kappa shape index (κ2) is 86.2. The minimum Gasteiger partial charge on any atom is -0.462 e. The molecule has 2 N–H and O–H groups in total. The summed E-state index contributed by atoms with van der Waals surface area (Å²) < 4.78 is 89.4. The average Bonchev–Trinajstić information content (AvgIpc) is 0.763. The number of nitrogens with one attached hydrogen (secondary N) is 2. The van der Waals surface area contributed by atoms with Crippen LogP contribution >= 0.6 is 0 Å². The lowest BCUT2D eigenvalue weighted by Crippen LogP contribution is -2.69. The number of rotatable bonds is 94. The summed E-state index contributed by atoms with van der Waals surface area (Å²) in [7, 11) is 0. The summed E-state index contributed by atoms with van der Waals surface area (Å²) in [6, 6.07) is 7.12. The van der Waals surface area contributed by atoms with Crippen molar-refractivity contribution >= 4 is 35.7 Å². The van der Waals surface area contributed by atoms with Gasteiger partial charge in [-0.3, -0.25) is 28.8 Å². The van der Waals surface area contributed by atoms with Gasteiger partial charge >= 0.3 is 23.9 Å². The molecule has 21 nitrogen and oxygen atoms in total. The highest BCUT2D eigenvalue weighted by Gasteiger charge is 2.56. The first-order valence-corrected chi connectivity index (χ1v) is 57.8. The van der Waals surface area contributed by atoms with Crippen molar-refractivity contribution in [2.24, 2.45) is 0 Å². The molecule has 5 unspecified atom stereocenters. The van der Waals surface area contributed by atoms with Crippen LogP contribution < -0.4 is 10.6 Å². The van der Waals surface area contributed by atoms with Gasteiger partial charge in [0.25, 0.3) is 0 Å². The largest absolute Gasteiger partial charge is 0.462 e. The summed E-state index contributed by atoms with van der Waals surface area (Å²) in [4.78, 5) is 90.7. The third-order valence-electron chi connectivity index (χ3n) is 27.7. The molecule has 1 aromatic carbocycles. The van der Waals surface area contributed by atoms with Crippen molar-refractivity contribution in [1.82, 2.24) is 10.6 Å². The molecule has 0 saturated carbocycles. The van der Waals surface area contributed by atoms with Crippen LogP contribution in [0.2, 0.25) is 0 Å². The third-order valence-corrected chi connectivity index (χ3v) is 27.7. The van der Waals surface area contributed by atoms with Crippen molar-refractivity contribution in [2.45, 2.75) is 624 Å². The monoisotopic (exact) mass is 1920 g/mol. The van der Waals surface area contributed by atoms with E-state index < -0.39 is 104 Å². The van der Waals surface area contributed by atoms with Gasteiger partial charge in [-0.25, -0.2) is 0 Å². The first-order chi connectivity index (χ1) is 66.7. The number of ether oxygens (including phenoxy) is 13. The van der Waals surface area contributed by atoms with Crippen molar-refractivity contribution in [3.8, 4) is 0 Å². The van der Waals surface area contributed by atoms with Gasteiger partial charge in [0.05, 0.1) is 51.1 Å². The molecule has 3 fully saturated rings. The maximum Gasteiger partial charge on any atom is 0.310 e. The number of amides is 2. The SMILES string of the molecule is CCCCCCCCCCCC(=O)O[C@H](CCCCCCCCCCC)CC(=O)N[C@H]1C(OC(=O)C[C@@H](CCCCCCCCCCC)OC(=O)CCCCCCCCCCC)[C@@H]2OC(c3ccccc3)OCC2O[C@H]1OCC1O[C@H](OCCCC)C(NC(=O)C[C@@H](CCCCCCCCCCC)OCCCC)[C@@H](OC(=O)C[C@@H](CCCCCCCCCCC)OCCCC)[C@@H]1OCCCC. The predicted molar refractivity (Wildman–Crippen MR) is 551 cm³/mol. The van der Waals surface area contributed by atoms with E-state index in [1.807, 2.05) is 30.3 Å². The Morgan fingerprint density at radius 2 is 0.625 bits per heavy atom. The minimum atomic E-state index is -1.45. The Morgan fingerprint density at radius 3 is 1.03 bits per heavy atom. The van der Waals surface area contributed by atoms with Crippen LogP contribution in [0.15, 0.2) is 30.3 Å². The standard InChI is InChI=1S/C115H208N2O19/c1-11-21-31-37-43-49-55-61-70-78-95(124-84-27-17-7)88-101(118)116-107-111(134-105(122)90-96(125-85-28-18-8)79-71-62-56-50-44-38-32-22-12-2)109(126-86-29-19-9)99(132-114(107)127-87-30-20-10)92-129-115-108(117-102(119)89-97(80-72-63-57-51-45-39-33-23-13-3)130-103(120)82-74-65-59-53-47-41-35-25-15-5)112(110-100(133-115)93-128-113(136-110)94-76-68-67-69-77-94)135-106(123)91-98(81-73-64-58-52-46-40-34-24-14-4)131-104(121)83-75-66-60-54-48-42-36-26-16-6/h67-69,76-77,95-100,107-115H,11-66,70-75,78-93H2,1-10H3,(H,116,118)(H,117,119)/t95-,96-,97-,98-,99?,100?,107?,108+,109-,110-,111-,112?,113?,114+,115-/m1/s1. The number of hydrogen-bond acceptors (Lipinski definition) is 19. The number of unbranched alkanes of at least 4 members (excludes halogenated alkanes) is 52. The summed E-state index contributed by atoms with van der Waals surface area (Å²) in [5.74, 6) is -2.66. The van der Waals surface area contributed by atoms with Crippen molar-refractivity contribution in [3.63, 3.8) is 0 Å². The zero-order valence-corrected chi connectivity index (χ0v) is 89.0. The normalized spacial score (nSPS) is 20.3. The molecule has 0 radical (unpaired) electrons. The van der Waals surface area contributed by atoms with Gasteiger partial charge in [-0.2, -0.15) is 0 Å². The Morgan fingerprint density at radius 1 is 0.309 bits per heavy atom. The van der Waals surface area contributed by atoms with Gasteiger partial charge in [-0.15, -0.1) is 0 Å². The number of esters is 4. The third kappa shape index (κ3) is 61.0. The smallest absolute Gasteiger partial charge is 0.310 e. The van der Waals surface area contributed by atoms with Gasteiger partial charge in [0.15, 0.2) is 31.1 Å². The first-order valence-electron chi connectivity index (χ1n) is 57.8. The van der Waals surface area contributed by atoms with Crippen LogP contribution in [-0.2, 0) is 90.3 Å². The maximum atomic E-state index is 15.8. The van der Waals surface area contributed by atoms with Crippen LogP contribution in [0.5, 0.6) is 0 Å². The van der Waals surface area contributed by atoms with Crippen LogP contribution in [0, 0.1) is 0 Å². The number of fused-ring (bicyclic) bond motifs is 1.